The SMILES string of the molecule is C[C@@H](O)[C@@H](NS(=O)(=O)c1ccc(Cl)cc1)C(=O)OCCCn1c(=O)[nH]c2ccccc21. The van der Waals surface area contributed by atoms with Gasteiger partial charge in [-0.15, -0.1) is 0 Å². The summed E-state index contributed by atoms with van der Waals surface area (Å²) in [5.41, 5.74) is 1.16. The Morgan fingerprint density at radius 3 is 2.58 bits per heavy atom. The van der Waals surface area contributed by atoms with Gasteiger partial charge in [0, 0.05) is 11.6 Å². The van der Waals surface area contributed by atoms with E-state index in [1.54, 1.807) is 12.1 Å². The molecule has 0 saturated carbocycles. The van der Waals surface area contributed by atoms with Gasteiger partial charge in [0.15, 0.2) is 0 Å². The van der Waals surface area contributed by atoms with E-state index in [9.17, 15) is 23.1 Å². The molecule has 0 aliphatic heterocycles. The minimum atomic E-state index is -4.08. The molecule has 2 aromatic carbocycles. The van der Waals surface area contributed by atoms with Crippen LogP contribution in [0, 0.1) is 0 Å². The fraction of sp³-hybridized carbons (Fsp3) is 0.300. The number of aryl methyl sites for hydroxylation is 1. The number of para-hydroxylation sites is 2. The van der Waals surface area contributed by atoms with Crippen molar-refractivity contribution < 1.29 is 23.1 Å². The molecule has 9 nitrogen and oxygen atoms in total. The van der Waals surface area contributed by atoms with E-state index >= 15 is 0 Å². The largest absolute Gasteiger partial charge is 0.464 e. The van der Waals surface area contributed by atoms with Crippen molar-refractivity contribution in [1.82, 2.24) is 14.3 Å². The Morgan fingerprint density at radius 2 is 1.90 bits per heavy atom. The molecule has 166 valence electrons. The lowest BCUT2D eigenvalue weighted by atomic mass is 10.2. The highest BCUT2D eigenvalue weighted by Crippen LogP contribution is 2.15. The number of aromatic nitrogens is 2. The van der Waals surface area contributed by atoms with E-state index in [-0.39, 0.29) is 17.2 Å². The van der Waals surface area contributed by atoms with Gasteiger partial charge in [-0.3, -0.25) is 9.36 Å². The molecule has 0 aliphatic carbocycles. The third kappa shape index (κ3) is 5.53. The smallest absolute Gasteiger partial charge is 0.326 e. The number of imidazole rings is 1. The molecule has 0 unspecified atom stereocenters. The summed E-state index contributed by atoms with van der Waals surface area (Å²) in [5, 5.41) is 10.3. The number of halogens is 1. The minimum Gasteiger partial charge on any atom is -0.464 e. The lowest BCUT2D eigenvalue weighted by Crippen LogP contribution is -2.48. The summed E-state index contributed by atoms with van der Waals surface area (Å²) in [4.78, 5) is 27.1. The molecule has 2 atom stereocenters. The zero-order valence-corrected chi connectivity index (χ0v) is 18.2. The number of hydrogen-bond acceptors (Lipinski definition) is 6. The molecule has 0 bridgehead atoms. The highest BCUT2D eigenvalue weighted by atomic mass is 35.5. The van der Waals surface area contributed by atoms with E-state index in [0.29, 0.717) is 23.5 Å². The van der Waals surface area contributed by atoms with E-state index in [1.165, 1.54) is 35.8 Å². The Hall–Kier alpha value is -2.66. The summed E-state index contributed by atoms with van der Waals surface area (Å²) in [7, 11) is -4.08. The van der Waals surface area contributed by atoms with Crippen molar-refractivity contribution in [2.75, 3.05) is 6.61 Å². The number of aromatic amines is 1. The molecule has 3 rings (SSSR count). The number of aliphatic hydroxyl groups excluding tert-OH is 1. The molecule has 0 fully saturated rings. The average molecular weight is 468 g/mol. The van der Waals surface area contributed by atoms with Gasteiger partial charge in [-0.05, 0) is 49.7 Å². The van der Waals surface area contributed by atoms with Crippen LogP contribution in [0.4, 0.5) is 0 Å². The van der Waals surface area contributed by atoms with Crippen LogP contribution in [0.25, 0.3) is 11.0 Å². The maximum atomic E-state index is 12.5. The number of carbonyl (C=O) groups is 1. The van der Waals surface area contributed by atoms with Crippen molar-refractivity contribution in [3.05, 3.63) is 64.0 Å². The molecule has 0 radical (unpaired) electrons. The van der Waals surface area contributed by atoms with Gasteiger partial charge in [-0.25, -0.2) is 13.2 Å². The fourth-order valence-corrected chi connectivity index (χ4v) is 4.39. The van der Waals surface area contributed by atoms with Crippen LogP contribution in [0.15, 0.2) is 58.2 Å². The lowest BCUT2D eigenvalue weighted by Gasteiger charge is -2.20. The molecule has 0 aliphatic rings. The second kappa shape index (κ2) is 9.65. The topological polar surface area (TPSA) is 130 Å². The fourth-order valence-electron chi connectivity index (χ4n) is 3.01. The van der Waals surface area contributed by atoms with Crippen LogP contribution in [0.1, 0.15) is 13.3 Å². The number of fused-ring (bicyclic) bond motifs is 1. The number of nitrogens with one attached hydrogen (secondary N) is 2. The summed E-state index contributed by atoms with van der Waals surface area (Å²) < 4.78 is 33.8. The molecular weight excluding hydrogens is 446 g/mol. The van der Waals surface area contributed by atoms with Gasteiger partial charge in [0.1, 0.15) is 6.04 Å². The summed E-state index contributed by atoms with van der Waals surface area (Å²) in [6, 6.07) is 11.1. The number of H-pyrrole nitrogens is 1. The number of aliphatic hydroxyl groups is 1. The Kier molecular flexibility index (Phi) is 7.16. The molecule has 1 heterocycles. The maximum absolute atomic E-state index is 12.5. The van der Waals surface area contributed by atoms with Crippen molar-refractivity contribution in [2.24, 2.45) is 0 Å². The number of sulfonamides is 1. The lowest BCUT2D eigenvalue weighted by molar-refractivity contribution is -0.148. The Morgan fingerprint density at radius 1 is 1.23 bits per heavy atom. The molecule has 1 aromatic heterocycles. The van der Waals surface area contributed by atoms with Crippen LogP contribution in [0.2, 0.25) is 5.02 Å². The van der Waals surface area contributed by atoms with Crippen LogP contribution in [-0.2, 0) is 26.1 Å². The van der Waals surface area contributed by atoms with Crippen LogP contribution < -0.4 is 10.4 Å². The van der Waals surface area contributed by atoms with Crippen LogP contribution in [0.5, 0.6) is 0 Å². The second-order valence-electron chi connectivity index (χ2n) is 6.91. The van der Waals surface area contributed by atoms with Gasteiger partial charge in [-0.2, -0.15) is 4.72 Å². The zero-order chi connectivity index (χ0) is 22.6. The Bertz CT molecular complexity index is 1220. The van der Waals surface area contributed by atoms with Crippen molar-refractivity contribution in [3.8, 4) is 0 Å². The first-order valence-corrected chi connectivity index (χ1v) is 11.4. The van der Waals surface area contributed by atoms with E-state index in [2.05, 4.69) is 9.71 Å². The average Bonchev–Trinajstić information content (AvgIpc) is 3.04. The summed E-state index contributed by atoms with van der Waals surface area (Å²) in [6.45, 7) is 1.52. The number of carbonyl (C=O) groups excluding carboxylic acids is 1. The van der Waals surface area contributed by atoms with Gasteiger partial charge >= 0.3 is 11.7 Å². The monoisotopic (exact) mass is 467 g/mol. The van der Waals surface area contributed by atoms with Crippen LogP contribution >= 0.6 is 11.6 Å². The first kappa shape index (κ1) is 23.0. The van der Waals surface area contributed by atoms with Crippen LogP contribution in [0.3, 0.4) is 0 Å². The summed E-state index contributed by atoms with van der Waals surface area (Å²) in [5.74, 6) is -0.918. The highest BCUT2D eigenvalue weighted by Gasteiger charge is 2.30. The van der Waals surface area contributed by atoms with E-state index in [1.807, 2.05) is 12.1 Å². The maximum Gasteiger partial charge on any atom is 0.326 e. The zero-order valence-electron chi connectivity index (χ0n) is 16.6. The Labute approximate surface area is 183 Å². The van der Waals surface area contributed by atoms with E-state index in [0.717, 1.165) is 5.52 Å². The first-order chi connectivity index (χ1) is 14.7. The highest BCUT2D eigenvalue weighted by molar-refractivity contribution is 7.89. The van der Waals surface area contributed by atoms with Crippen molar-refractivity contribution >= 4 is 38.6 Å². The summed E-state index contributed by atoms with van der Waals surface area (Å²) >= 11 is 5.77. The van der Waals surface area contributed by atoms with Crippen molar-refractivity contribution in [1.29, 1.82) is 0 Å². The van der Waals surface area contributed by atoms with Crippen LogP contribution in [-0.4, -0.2) is 47.8 Å². The number of benzene rings is 2. The van der Waals surface area contributed by atoms with Crippen molar-refractivity contribution in [3.63, 3.8) is 0 Å². The van der Waals surface area contributed by atoms with Gasteiger partial charge in [0.2, 0.25) is 10.0 Å². The standard InChI is InChI=1S/C20H22ClN3O6S/c1-13(25)18(23-31(28,29)15-9-7-14(21)8-10-15)19(26)30-12-4-11-24-17-6-3-2-5-16(17)22-20(24)27/h2-3,5-10,13,18,23,25H,4,11-12H2,1H3,(H,22,27)/t13-,18-/m1/s1. The molecule has 31 heavy (non-hydrogen) atoms. The van der Waals surface area contributed by atoms with E-state index < -0.39 is 28.1 Å². The second-order valence-corrected chi connectivity index (χ2v) is 9.06. The van der Waals surface area contributed by atoms with Gasteiger partial charge < -0.3 is 14.8 Å². The third-order valence-electron chi connectivity index (χ3n) is 4.59. The van der Waals surface area contributed by atoms with Crippen molar-refractivity contribution in [2.45, 2.75) is 36.9 Å². The molecule has 0 saturated heterocycles. The number of hydrogen-bond donors (Lipinski definition) is 3. The predicted molar refractivity (Wildman–Crippen MR) is 115 cm³/mol. The summed E-state index contributed by atoms with van der Waals surface area (Å²) in [6.07, 6.45) is -1.00. The number of rotatable bonds is 9. The number of nitrogens with zero attached hydrogens (tertiary/aromatic N) is 1. The number of esters is 1. The quantitative estimate of drug-likeness (QED) is 0.324. The van der Waals surface area contributed by atoms with Gasteiger partial charge in [0.05, 0.1) is 28.6 Å². The molecule has 0 spiro atoms. The predicted octanol–water partition coefficient (Wildman–Crippen LogP) is 1.64. The molecule has 0 amide bonds. The molecule has 3 aromatic rings. The molecule has 3 N–H and O–H groups in total. The number of ether oxygens (including phenoxy) is 1. The first-order valence-electron chi connectivity index (χ1n) is 9.49. The van der Waals surface area contributed by atoms with Gasteiger partial charge in [0.25, 0.3) is 0 Å². The van der Waals surface area contributed by atoms with Gasteiger partial charge in [-0.1, -0.05) is 23.7 Å². The Balaban J connectivity index is 1.60. The molecule has 11 heteroatoms. The molecular formula is C20H22ClN3O6S. The minimum absolute atomic E-state index is 0.0589. The normalized spacial score (nSPS) is 13.8. The third-order valence-corrected chi connectivity index (χ3v) is 6.30. The van der Waals surface area contributed by atoms with E-state index in [4.69, 9.17) is 16.3 Å².